The van der Waals surface area contributed by atoms with Gasteiger partial charge in [-0.3, -0.25) is 10.1 Å². The predicted octanol–water partition coefficient (Wildman–Crippen LogP) is 2.15. The highest BCUT2D eigenvalue weighted by Crippen LogP contribution is 2.30. The van der Waals surface area contributed by atoms with E-state index < -0.39 is 29.8 Å². The molecule has 0 spiro atoms. The monoisotopic (exact) mass is 303 g/mol. The van der Waals surface area contributed by atoms with Crippen molar-refractivity contribution in [3.8, 4) is 0 Å². The summed E-state index contributed by atoms with van der Waals surface area (Å²) in [5.41, 5.74) is 0. The van der Waals surface area contributed by atoms with Gasteiger partial charge in [-0.1, -0.05) is 27.2 Å². The van der Waals surface area contributed by atoms with Gasteiger partial charge in [0.1, 0.15) is 18.3 Å². The number of nitrogens with zero attached hydrogens (tertiary/aromatic N) is 1. The molecular formula is C14H25NO6. The van der Waals surface area contributed by atoms with Crippen LogP contribution < -0.4 is 0 Å². The molecule has 2 atom stereocenters. The first-order valence-corrected chi connectivity index (χ1v) is 7.59. The summed E-state index contributed by atoms with van der Waals surface area (Å²) in [5, 5.41) is 10.8. The first-order chi connectivity index (χ1) is 10.0. The number of ether oxygens (including phenoxy) is 3. The van der Waals surface area contributed by atoms with Gasteiger partial charge in [-0.05, 0) is 19.3 Å². The van der Waals surface area contributed by atoms with Gasteiger partial charge in [0.25, 0.3) is 0 Å². The van der Waals surface area contributed by atoms with E-state index in [-0.39, 0.29) is 12.4 Å². The van der Waals surface area contributed by atoms with Crippen molar-refractivity contribution in [3.05, 3.63) is 10.1 Å². The number of carbonyl (C=O) groups is 1. The van der Waals surface area contributed by atoms with Crippen LogP contribution in [0.3, 0.4) is 0 Å². The fraction of sp³-hybridized carbons (Fsp3) is 0.929. The maximum Gasteiger partial charge on any atom is 0.214 e. The van der Waals surface area contributed by atoms with Gasteiger partial charge in [0.15, 0.2) is 12.6 Å². The van der Waals surface area contributed by atoms with Crippen molar-refractivity contribution in [3.63, 3.8) is 0 Å². The number of hydrogen-bond donors (Lipinski definition) is 0. The van der Waals surface area contributed by atoms with Crippen LogP contribution in [0.1, 0.15) is 46.5 Å². The quantitative estimate of drug-likeness (QED) is 0.330. The molecule has 0 bridgehead atoms. The zero-order valence-corrected chi connectivity index (χ0v) is 12.9. The number of nitro groups is 1. The van der Waals surface area contributed by atoms with E-state index in [2.05, 4.69) is 0 Å². The lowest BCUT2D eigenvalue weighted by Crippen LogP contribution is -2.52. The molecule has 122 valence electrons. The van der Waals surface area contributed by atoms with Crippen LogP contribution >= 0.6 is 0 Å². The Labute approximate surface area is 125 Å². The lowest BCUT2D eigenvalue weighted by molar-refractivity contribution is -0.510. The van der Waals surface area contributed by atoms with Crippen molar-refractivity contribution in [1.82, 2.24) is 0 Å². The Kier molecular flexibility index (Phi) is 7.77. The van der Waals surface area contributed by atoms with Crippen LogP contribution in [0.2, 0.25) is 0 Å². The topological polar surface area (TPSA) is 87.9 Å². The van der Waals surface area contributed by atoms with Crippen LogP contribution in [-0.2, 0) is 19.0 Å². The molecule has 0 aromatic heterocycles. The Bertz CT molecular complexity index is 327. The molecule has 0 amide bonds. The highest BCUT2D eigenvalue weighted by atomic mass is 16.9. The number of carbonyl (C=O) groups excluding carboxylic acids is 1. The second-order valence-corrected chi connectivity index (χ2v) is 5.21. The van der Waals surface area contributed by atoms with Crippen molar-refractivity contribution in [2.24, 2.45) is 5.92 Å². The zero-order chi connectivity index (χ0) is 15.8. The van der Waals surface area contributed by atoms with E-state index in [1.54, 1.807) is 0 Å². The van der Waals surface area contributed by atoms with E-state index in [4.69, 9.17) is 14.2 Å². The molecule has 0 aromatic rings. The average Bonchev–Trinajstić information content (AvgIpc) is 2.42. The predicted molar refractivity (Wildman–Crippen MR) is 75.3 cm³/mol. The highest BCUT2D eigenvalue weighted by molar-refractivity contribution is 5.56. The van der Waals surface area contributed by atoms with E-state index in [1.165, 1.54) is 0 Å². The van der Waals surface area contributed by atoms with Crippen molar-refractivity contribution in [2.45, 2.75) is 71.2 Å². The number of aldehydes is 1. The van der Waals surface area contributed by atoms with E-state index in [9.17, 15) is 14.9 Å². The normalized spacial score (nSPS) is 24.4. The fourth-order valence-corrected chi connectivity index (χ4v) is 2.34. The summed E-state index contributed by atoms with van der Waals surface area (Å²) in [4.78, 5) is 21.7. The third kappa shape index (κ3) is 5.33. The van der Waals surface area contributed by atoms with Gasteiger partial charge in [0, 0.05) is 4.92 Å². The lowest BCUT2D eigenvalue weighted by atomic mass is 10.0. The van der Waals surface area contributed by atoms with Gasteiger partial charge in [-0.15, -0.1) is 0 Å². The van der Waals surface area contributed by atoms with Gasteiger partial charge in [-0.25, -0.2) is 0 Å². The van der Waals surface area contributed by atoms with Gasteiger partial charge in [-0.2, -0.15) is 0 Å². The minimum absolute atomic E-state index is 0.0963. The zero-order valence-electron chi connectivity index (χ0n) is 12.9. The van der Waals surface area contributed by atoms with Crippen LogP contribution in [0, 0.1) is 16.0 Å². The second-order valence-electron chi connectivity index (χ2n) is 5.21. The summed E-state index contributed by atoms with van der Waals surface area (Å²) in [7, 11) is 0. The second kappa shape index (κ2) is 9.07. The maximum absolute atomic E-state index is 11.3. The third-order valence-corrected chi connectivity index (χ3v) is 3.62. The van der Waals surface area contributed by atoms with Gasteiger partial charge < -0.3 is 19.0 Å². The minimum atomic E-state index is -0.882. The summed E-state index contributed by atoms with van der Waals surface area (Å²) in [5.74, 6) is -0.716. The van der Waals surface area contributed by atoms with E-state index in [0.29, 0.717) is 6.29 Å². The summed E-state index contributed by atoms with van der Waals surface area (Å²) in [6, 6.07) is 0. The molecule has 1 rings (SSSR count). The highest BCUT2D eigenvalue weighted by Gasteiger charge is 2.44. The average molecular weight is 303 g/mol. The van der Waals surface area contributed by atoms with Gasteiger partial charge in [0.2, 0.25) is 6.54 Å². The molecule has 0 unspecified atom stereocenters. The summed E-state index contributed by atoms with van der Waals surface area (Å²) < 4.78 is 16.7. The van der Waals surface area contributed by atoms with Crippen molar-refractivity contribution >= 4 is 6.29 Å². The van der Waals surface area contributed by atoms with Crippen LogP contribution in [0.5, 0.6) is 0 Å². The molecule has 1 fully saturated rings. The van der Waals surface area contributed by atoms with Crippen LogP contribution in [0.15, 0.2) is 0 Å². The van der Waals surface area contributed by atoms with Crippen LogP contribution in [0.25, 0.3) is 0 Å². The van der Waals surface area contributed by atoms with Gasteiger partial charge >= 0.3 is 0 Å². The largest absolute Gasteiger partial charge is 0.367 e. The molecule has 0 saturated carbocycles. The maximum atomic E-state index is 11.3. The summed E-state index contributed by atoms with van der Waals surface area (Å²) in [6.07, 6.45) is 1.71. The number of rotatable bonds is 11. The third-order valence-electron chi connectivity index (χ3n) is 3.62. The van der Waals surface area contributed by atoms with E-state index in [1.807, 2.05) is 20.8 Å². The minimum Gasteiger partial charge on any atom is -0.367 e. The first kappa shape index (κ1) is 18.0. The SMILES string of the molecule is CCCC1OC([C@H](C[N+](=O)[O-])[C@@H](C=O)OC(CC)CC)O1. The smallest absolute Gasteiger partial charge is 0.214 e. The van der Waals surface area contributed by atoms with Crippen molar-refractivity contribution in [1.29, 1.82) is 0 Å². The number of hydrogen-bond acceptors (Lipinski definition) is 6. The Balaban J connectivity index is 2.66. The molecule has 21 heavy (non-hydrogen) atoms. The Morgan fingerprint density at radius 1 is 1.29 bits per heavy atom. The van der Waals surface area contributed by atoms with E-state index >= 15 is 0 Å². The molecule has 7 heteroatoms. The molecule has 0 aliphatic carbocycles. The molecule has 7 nitrogen and oxygen atoms in total. The molecule has 0 N–H and O–H groups in total. The fourth-order valence-electron chi connectivity index (χ4n) is 2.34. The molecule has 1 aliphatic heterocycles. The molecular weight excluding hydrogens is 278 g/mol. The molecule has 0 aromatic carbocycles. The Morgan fingerprint density at radius 3 is 2.33 bits per heavy atom. The Morgan fingerprint density at radius 2 is 1.90 bits per heavy atom. The van der Waals surface area contributed by atoms with E-state index in [0.717, 1.165) is 25.7 Å². The van der Waals surface area contributed by atoms with Crippen LogP contribution in [-0.4, -0.2) is 42.5 Å². The Hall–Kier alpha value is -1.05. The molecule has 1 heterocycles. The molecule has 1 aliphatic rings. The van der Waals surface area contributed by atoms with Gasteiger partial charge in [0.05, 0.1) is 6.10 Å². The summed E-state index contributed by atoms with van der Waals surface area (Å²) >= 11 is 0. The molecule has 0 radical (unpaired) electrons. The summed E-state index contributed by atoms with van der Waals surface area (Å²) in [6.45, 7) is 5.49. The first-order valence-electron chi connectivity index (χ1n) is 7.59. The van der Waals surface area contributed by atoms with Crippen molar-refractivity contribution < 1.29 is 23.9 Å². The van der Waals surface area contributed by atoms with Crippen molar-refractivity contribution in [2.75, 3.05) is 6.54 Å². The van der Waals surface area contributed by atoms with Crippen LogP contribution in [0.4, 0.5) is 0 Å². The molecule has 1 saturated heterocycles. The standard InChI is InChI=1S/C14H25NO6/c1-4-7-13-20-14(21-13)11(8-15(17)18)12(9-16)19-10(5-2)6-3/h9-14H,4-8H2,1-3H3/t11-,12-,13?,14?/m1/s1. The lowest BCUT2D eigenvalue weighted by Gasteiger charge is -2.41.